The zero-order valence-corrected chi connectivity index (χ0v) is 10.3. The van der Waals surface area contributed by atoms with Crippen LogP contribution in [0.5, 0.6) is 0 Å². The van der Waals surface area contributed by atoms with Gasteiger partial charge < -0.3 is 0 Å². The summed E-state index contributed by atoms with van der Waals surface area (Å²) in [5, 5.41) is 11.2. The number of halogens is 2. The van der Waals surface area contributed by atoms with Crippen molar-refractivity contribution in [1.82, 2.24) is 10.2 Å². The second-order valence-electron chi connectivity index (χ2n) is 3.20. The SMILES string of the molecule is Cc1nnc(NC(=O)c2ccc(Cl)cc2F)s1. The third kappa shape index (κ3) is 2.78. The Morgan fingerprint density at radius 3 is 2.82 bits per heavy atom. The molecule has 2 aromatic rings. The summed E-state index contributed by atoms with van der Waals surface area (Å²) in [5.41, 5.74) is -0.0812. The number of carbonyl (C=O) groups excluding carboxylic acids is 1. The highest BCUT2D eigenvalue weighted by Crippen LogP contribution is 2.18. The topological polar surface area (TPSA) is 54.9 Å². The molecule has 0 fully saturated rings. The minimum Gasteiger partial charge on any atom is -0.296 e. The molecule has 0 saturated carbocycles. The molecule has 0 aliphatic carbocycles. The maximum absolute atomic E-state index is 13.4. The molecule has 88 valence electrons. The molecule has 17 heavy (non-hydrogen) atoms. The number of aromatic nitrogens is 2. The number of aryl methyl sites for hydroxylation is 1. The Labute approximate surface area is 105 Å². The monoisotopic (exact) mass is 271 g/mol. The van der Waals surface area contributed by atoms with Gasteiger partial charge in [-0.1, -0.05) is 22.9 Å². The fraction of sp³-hybridized carbons (Fsp3) is 0.100. The molecule has 0 atom stereocenters. The van der Waals surface area contributed by atoms with E-state index in [1.165, 1.54) is 23.5 Å². The number of anilines is 1. The zero-order chi connectivity index (χ0) is 12.4. The molecule has 1 aromatic carbocycles. The van der Waals surface area contributed by atoms with Crippen LogP contribution in [0.4, 0.5) is 9.52 Å². The molecule has 0 aliphatic rings. The van der Waals surface area contributed by atoms with E-state index in [-0.39, 0.29) is 10.6 Å². The lowest BCUT2D eigenvalue weighted by atomic mass is 10.2. The van der Waals surface area contributed by atoms with E-state index in [0.717, 1.165) is 11.1 Å². The maximum atomic E-state index is 13.4. The van der Waals surface area contributed by atoms with E-state index >= 15 is 0 Å². The van der Waals surface area contributed by atoms with Crippen molar-refractivity contribution in [3.05, 3.63) is 39.6 Å². The predicted octanol–water partition coefficient (Wildman–Crippen LogP) is 2.89. The van der Waals surface area contributed by atoms with Crippen LogP contribution in [-0.4, -0.2) is 16.1 Å². The van der Waals surface area contributed by atoms with Gasteiger partial charge in [-0.05, 0) is 25.1 Å². The standard InChI is InChI=1S/C10H7ClFN3OS/c1-5-14-15-10(17-5)13-9(16)7-3-2-6(11)4-8(7)12/h2-4H,1H3,(H,13,15,16). The summed E-state index contributed by atoms with van der Waals surface area (Å²) in [7, 11) is 0. The number of amides is 1. The van der Waals surface area contributed by atoms with Crippen LogP contribution in [-0.2, 0) is 0 Å². The summed E-state index contributed by atoms with van der Waals surface area (Å²) in [6, 6.07) is 3.85. The molecule has 1 aromatic heterocycles. The van der Waals surface area contributed by atoms with Gasteiger partial charge in [-0.3, -0.25) is 10.1 Å². The number of benzene rings is 1. The van der Waals surface area contributed by atoms with Crippen LogP contribution in [0.15, 0.2) is 18.2 Å². The highest BCUT2D eigenvalue weighted by molar-refractivity contribution is 7.15. The Bertz CT molecular complexity index is 572. The molecule has 0 radical (unpaired) electrons. The summed E-state index contributed by atoms with van der Waals surface area (Å²) < 4.78 is 13.4. The normalized spacial score (nSPS) is 10.3. The van der Waals surface area contributed by atoms with E-state index in [2.05, 4.69) is 15.5 Å². The lowest BCUT2D eigenvalue weighted by Crippen LogP contribution is -2.13. The van der Waals surface area contributed by atoms with Crippen molar-refractivity contribution in [2.75, 3.05) is 5.32 Å². The number of hydrogen-bond donors (Lipinski definition) is 1. The minimum atomic E-state index is -0.670. The van der Waals surface area contributed by atoms with Crippen molar-refractivity contribution in [2.24, 2.45) is 0 Å². The van der Waals surface area contributed by atoms with Gasteiger partial charge in [0.15, 0.2) is 0 Å². The van der Waals surface area contributed by atoms with Gasteiger partial charge in [-0.15, -0.1) is 10.2 Å². The molecule has 1 N–H and O–H groups in total. The number of hydrogen-bond acceptors (Lipinski definition) is 4. The molecule has 0 unspecified atom stereocenters. The molecule has 2 rings (SSSR count). The number of nitrogens with one attached hydrogen (secondary N) is 1. The van der Waals surface area contributed by atoms with E-state index in [1.54, 1.807) is 6.92 Å². The highest BCUT2D eigenvalue weighted by atomic mass is 35.5. The van der Waals surface area contributed by atoms with Crippen LogP contribution >= 0.6 is 22.9 Å². The molecule has 1 amide bonds. The molecule has 7 heteroatoms. The van der Waals surface area contributed by atoms with Crippen molar-refractivity contribution in [2.45, 2.75) is 6.92 Å². The van der Waals surface area contributed by atoms with Crippen molar-refractivity contribution in [1.29, 1.82) is 0 Å². The lowest BCUT2D eigenvalue weighted by molar-refractivity contribution is 0.102. The van der Waals surface area contributed by atoms with Gasteiger partial charge in [-0.2, -0.15) is 0 Å². The third-order valence-corrected chi connectivity index (χ3v) is 2.91. The quantitative estimate of drug-likeness (QED) is 0.914. The van der Waals surface area contributed by atoms with E-state index < -0.39 is 11.7 Å². The zero-order valence-electron chi connectivity index (χ0n) is 8.70. The lowest BCUT2D eigenvalue weighted by Gasteiger charge is -2.02. The average molecular weight is 272 g/mol. The van der Waals surface area contributed by atoms with E-state index in [4.69, 9.17) is 11.6 Å². The van der Waals surface area contributed by atoms with Crippen LogP contribution in [0.1, 0.15) is 15.4 Å². The first-order valence-corrected chi connectivity index (χ1v) is 5.82. The van der Waals surface area contributed by atoms with Gasteiger partial charge >= 0.3 is 0 Å². The van der Waals surface area contributed by atoms with Crippen LogP contribution in [0.25, 0.3) is 0 Å². The minimum absolute atomic E-state index is 0.0812. The molecule has 0 saturated heterocycles. The average Bonchev–Trinajstić information content (AvgIpc) is 2.63. The first-order valence-electron chi connectivity index (χ1n) is 4.63. The van der Waals surface area contributed by atoms with Crippen LogP contribution in [0.3, 0.4) is 0 Å². The van der Waals surface area contributed by atoms with Crippen LogP contribution < -0.4 is 5.32 Å². The smallest absolute Gasteiger partial charge is 0.260 e. The Morgan fingerprint density at radius 1 is 1.47 bits per heavy atom. The maximum Gasteiger partial charge on any atom is 0.260 e. The number of nitrogens with zero attached hydrogens (tertiary/aromatic N) is 2. The summed E-state index contributed by atoms with van der Waals surface area (Å²) in [6.07, 6.45) is 0. The highest BCUT2D eigenvalue weighted by Gasteiger charge is 2.13. The van der Waals surface area contributed by atoms with Crippen molar-refractivity contribution < 1.29 is 9.18 Å². The van der Waals surface area contributed by atoms with Gasteiger partial charge in [0.25, 0.3) is 5.91 Å². The fourth-order valence-electron chi connectivity index (χ4n) is 1.19. The van der Waals surface area contributed by atoms with Crippen LogP contribution in [0.2, 0.25) is 5.02 Å². The second-order valence-corrected chi connectivity index (χ2v) is 4.82. The first kappa shape index (κ1) is 11.9. The van der Waals surface area contributed by atoms with E-state index in [0.29, 0.717) is 5.13 Å². The largest absolute Gasteiger partial charge is 0.296 e. The fourth-order valence-corrected chi connectivity index (χ4v) is 1.93. The number of carbonyl (C=O) groups is 1. The summed E-state index contributed by atoms with van der Waals surface area (Å²) in [5.74, 6) is -1.24. The summed E-state index contributed by atoms with van der Waals surface area (Å²) in [6.45, 7) is 1.76. The number of rotatable bonds is 2. The Balaban J connectivity index is 2.20. The predicted molar refractivity (Wildman–Crippen MR) is 64.0 cm³/mol. The molecule has 4 nitrogen and oxygen atoms in total. The van der Waals surface area contributed by atoms with Gasteiger partial charge in [-0.25, -0.2) is 4.39 Å². The Morgan fingerprint density at radius 2 is 2.24 bits per heavy atom. The van der Waals surface area contributed by atoms with Crippen LogP contribution in [0, 0.1) is 12.7 Å². The van der Waals surface area contributed by atoms with Crippen molar-refractivity contribution in [3.8, 4) is 0 Å². The van der Waals surface area contributed by atoms with Crippen molar-refractivity contribution >= 4 is 34.0 Å². The van der Waals surface area contributed by atoms with Gasteiger partial charge in [0.2, 0.25) is 5.13 Å². The Hall–Kier alpha value is -1.53. The molecule has 0 bridgehead atoms. The molecule has 0 aliphatic heterocycles. The molecule has 1 heterocycles. The summed E-state index contributed by atoms with van der Waals surface area (Å²) >= 11 is 6.81. The van der Waals surface area contributed by atoms with Crippen molar-refractivity contribution in [3.63, 3.8) is 0 Å². The van der Waals surface area contributed by atoms with Gasteiger partial charge in [0, 0.05) is 5.02 Å². The third-order valence-electron chi connectivity index (χ3n) is 1.92. The molecular weight excluding hydrogens is 265 g/mol. The summed E-state index contributed by atoms with van der Waals surface area (Å²) in [4.78, 5) is 11.7. The Kier molecular flexibility index (Phi) is 3.35. The molecule has 0 spiro atoms. The van der Waals surface area contributed by atoms with E-state index in [1.807, 2.05) is 0 Å². The second kappa shape index (κ2) is 4.77. The van der Waals surface area contributed by atoms with E-state index in [9.17, 15) is 9.18 Å². The van der Waals surface area contributed by atoms with Gasteiger partial charge in [0.1, 0.15) is 10.8 Å². The first-order chi connectivity index (χ1) is 8.06. The molecular formula is C10H7ClFN3OS. The van der Waals surface area contributed by atoms with Gasteiger partial charge in [0.05, 0.1) is 5.56 Å².